The molecule has 0 saturated carbocycles. The number of esters is 1. The molecule has 3 nitrogen and oxygen atoms in total. The highest BCUT2D eigenvalue weighted by Crippen LogP contribution is 2.16. The van der Waals surface area contributed by atoms with Crippen LogP contribution in [0.4, 0.5) is 0 Å². The highest BCUT2D eigenvalue weighted by Gasteiger charge is 2.04. The smallest absolute Gasteiger partial charge is 0.333 e. The SMILES string of the molecule is CCOC(=O)C(C)=Cc1ccc(OCc2ccccc2)cc1. The maximum atomic E-state index is 11.6. The van der Waals surface area contributed by atoms with Crippen LogP contribution in [0, 0.1) is 0 Å². The average Bonchev–Trinajstić information content (AvgIpc) is 2.55. The van der Waals surface area contributed by atoms with E-state index in [-0.39, 0.29) is 5.97 Å². The minimum Gasteiger partial charge on any atom is -0.489 e. The van der Waals surface area contributed by atoms with Crippen LogP contribution in [-0.4, -0.2) is 12.6 Å². The van der Waals surface area contributed by atoms with E-state index in [4.69, 9.17) is 9.47 Å². The van der Waals surface area contributed by atoms with Gasteiger partial charge in [-0.25, -0.2) is 4.79 Å². The number of ether oxygens (including phenoxy) is 2. The zero-order valence-electron chi connectivity index (χ0n) is 12.9. The maximum absolute atomic E-state index is 11.6. The summed E-state index contributed by atoms with van der Waals surface area (Å²) in [4.78, 5) is 11.6. The Morgan fingerprint density at radius 3 is 2.36 bits per heavy atom. The lowest BCUT2D eigenvalue weighted by Gasteiger charge is -2.07. The molecule has 0 saturated heterocycles. The third-order valence-electron chi connectivity index (χ3n) is 3.11. The molecule has 22 heavy (non-hydrogen) atoms. The Balaban J connectivity index is 1.95. The van der Waals surface area contributed by atoms with Gasteiger partial charge in [-0.05, 0) is 43.2 Å². The van der Waals surface area contributed by atoms with Crippen molar-refractivity contribution in [2.75, 3.05) is 6.61 Å². The first-order chi connectivity index (χ1) is 10.7. The molecule has 0 atom stereocenters. The fourth-order valence-electron chi connectivity index (χ4n) is 1.96. The summed E-state index contributed by atoms with van der Waals surface area (Å²) in [5.41, 5.74) is 2.65. The zero-order chi connectivity index (χ0) is 15.8. The van der Waals surface area contributed by atoms with Crippen LogP contribution < -0.4 is 4.74 Å². The quantitative estimate of drug-likeness (QED) is 0.591. The summed E-state index contributed by atoms with van der Waals surface area (Å²) < 4.78 is 10.7. The number of rotatable bonds is 6. The van der Waals surface area contributed by atoms with Gasteiger partial charge in [-0.2, -0.15) is 0 Å². The van der Waals surface area contributed by atoms with Crippen molar-refractivity contribution < 1.29 is 14.3 Å². The summed E-state index contributed by atoms with van der Waals surface area (Å²) in [6.45, 7) is 4.47. The van der Waals surface area contributed by atoms with Gasteiger partial charge in [0.05, 0.1) is 6.61 Å². The van der Waals surface area contributed by atoms with Gasteiger partial charge in [0.2, 0.25) is 0 Å². The van der Waals surface area contributed by atoms with Crippen LogP contribution in [0.3, 0.4) is 0 Å². The second-order valence-corrected chi connectivity index (χ2v) is 4.89. The van der Waals surface area contributed by atoms with Crippen molar-refractivity contribution in [1.29, 1.82) is 0 Å². The number of carbonyl (C=O) groups is 1. The molecule has 2 aromatic carbocycles. The van der Waals surface area contributed by atoms with Crippen molar-refractivity contribution in [1.82, 2.24) is 0 Å². The predicted octanol–water partition coefficient (Wildman–Crippen LogP) is 4.23. The van der Waals surface area contributed by atoms with Gasteiger partial charge in [0.25, 0.3) is 0 Å². The molecule has 114 valence electrons. The number of hydrogen-bond donors (Lipinski definition) is 0. The van der Waals surface area contributed by atoms with Crippen LogP contribution in [-0.2, 0) is 16.1 Å². The van der Waals surface area contributed by atoms with Crippen molar-refractivity contribution in [2.24, 2.45) is 0 Å². The minimum absolute atomic E-state index is 0.285. The first-order valence-corrected chi connectivity index (χ1v) is 7.31. The Hall–Kier alpha value is -2.55. The molecule has 2 rings (SSSR count). The zero-order valence-corrected chi connectivity index (χ0v) is 12.9. The third-order valence-corrected chi connectivity index (χ3v) is 3.11. The fourth-order valence-corrected chi connectivity index (χ4v) is 1.96. The molecule has 3 heteroatoms. The largest absolute Gasteiger partial charge is 0.489 e. The van der Waals surface area contributed by atoms with Crippen LogP contribution >= 0.6 is 0 Å². The molecule has 0 amide bonds. The molecular weight excluding hydrogens is 276 g/mol. The molecule has 0 heterocycles. The van der Waals surface area contributed by atoms with Crippen LogP contribution in [0.1, 0.15) is 25.0 Å². The normalized spacial score (nSPS) is 11.1. The van der Waals surface area contributed by atoms with Crippen molar-refractivity contribution in [3.8, 4) is 5.75 Å². The molecule has 0 aliphatic heterocycles. The van der Waals surface area contributed by atoms with Crippen LogP contribution in [0.2, 0.25) is 0 Å². The van der Waals surface area contributed by atoms with Gasteiger partial charge in [0.1, 0.15) is 12.4 Å². The average molecular weight is 296 g/mol. The van der Waals surface area contributed by atoms with Crippen molar-refractivity contribution in [2.45, 2.75) is 20.5 Å². The van der Waals surface area contributed by atoms with Gasteiger partial charge in [0.15, 0.2) is 0 Å². The highest BCUT2D eigenvalue weighted by molar-refractivity contribution is 5.92. The standard InChI is InChI=1S/C19H20O3/c1-3-21-19(20)15(2)13-16-9-11-18(12-10-16)22-14-17-7-5-4-6-8-17/h4-13H,3,14H2,1-2H3. The summed E-state index contributed by atoms with van der Waals surface area (Å²) in [7, 11) is 0. The van der Waals surface area contributed by atoms with E-state index in [9.17, 15) is 4.79 Å². The number of carbonyl (C=O) groups excluding carboxylic acids is 1. The Morgan fingerprint density at radius 1 is 1.05 bits per heavy atom. The van der Waals surface area contributed by atoms with E-state index in [0.29, 0.717) is 18.8 Å². The van der Waals surface area contributed by atoms with Crippen molar-refractivity contribution in [3.63, 3.8) is 0 Å². The topological polar surface area (TPSA) is 35.5 Å². The monoisotopic (exact) mass is 296 g/mol. The molecule has 0 aliphatic rings. The Morgan fingerprint density at radius 2 is 1.73 bits per heavy atom. The summed E-state index contributed by atoms with van der Waals surface area (Å²) >= 11 is 0. The first-order valence-electron chi connectivity index (χ1n) is 7.31. The summed E-state index contributed by atoms with van der Waals surface area (Å²) in [6.07, 6.45) is 1.80. The fraction of sp³-hybridized carbons (Fsp3) is 0.211. The van der Waals surface area contributed by atoms with Crippen molar-refractivity contribution in [3.05, 3.63) is 71.3 Å². The second kappa shape index (κ2) is 8.03. The second-order valence-electron chi connectivity index (χ2n) is 4.89. The summed E-state index contributed by atoms with van der Waals surface area (Å²) in [5.74, 6) is 0.515. The van der Waals surface area contributed by atoms with Crippen molar-refractivity contribution >= 4 is 12.0 Å². The van der Waals surface area contributed by atoms with E-state index in [1.54, 1.807) is 19.9 Å². The van der Waals surface area contributed by atoms with Gasteiger partial charge in [-0.15, -0.1) is 0 Å². The van der Waals surface area contributed by atoms with E-state index in [0.717, 1.165) is 16.9 Å². The van der Waals surface area contributed by atoms with Crippen LogP contribution in [0.5, 0.6) is 5.75 Å². The molecular formula is C19H20O3. The molecule has 0 fully saturated rings. The molecule has 0 bridgehead atoms. The maximum Gasteiger partial charge on any atom is 0.333 e. The van der Waals surface area contributed by atoms with Gasteiger partial charge in [-0.3, -0.25) is 0 Å². The van der Waals surface area contributed by atoms with Gasteiger partial charge < -0.3 is 9.47 Å². The van der Waals surface area contributed by atoms with Crippen LogP contribution in [0.15, 0.2) is 60.2 Å². The van der Waals surface area contributed by atoms with E-state index in [1.165, 1.54) is 0 Å². The minimum atomic E-state index is -0.285. The lowest BCUT2D eigenvalue weighted by atomic mass is 10.1. The predicted molar refractivity (Wildman–Crippen MR) is 87.5 cm³/mol. The summed E-state index contributed by atoms with van der Waals surface area (Å²) in [5, 5.41) is 0. The molecule has 0 radical (unpaired) electrons. The Bertz CT molecular complexity index is 627. The molecule has 0 aromatic heterocycles. The van der Waals surface area contributed by atoms with Gasteiger partial charge >= 0.3 is 5.97 Å². The lowest BCUT2D eigenvalue weighted by molar-refractivity contribution is -0.138. The first kappa shape index (κ1) is 15.8. The highest BCUT2D eigenvalue weighted by atomic mass is 16.5. The number of benzene rings is 2. The molecule has 0 unspecified atom stereocenters. The molecule has 0 N–H and O–H groups in total. The lowest BCUT2D eigenvalue weighted by Crippen LogP contribution is -2.04. The van der Waals surface area contributed by atoms with E-state index < -0.39 is 0 Å². The van der Waals surface area contributed by atoms with Gasteiger partial charge in [0, 0.05) is 5.57 Å². The Kier molecular flexibility index (Phi) is 5.78. The van der Waals surface area contributed by atoms with E-state index >= 15 is 0 Å². The Labute approximate surface area is 131 Å². The van der Waals surface area contributed by atoms with Gasteiger partial charge in [-0.1, -0.05) is 42.5 Å². The third kappa shape index (κ3) is 4.77. The molecule has 0 aliphatic carbocycles. The molecule has 2 aromatic rings. The van der Waals surface area contributed by atoms with E-state index in [2.05, 4.69) is 0 Å². The van der Waals surface area contributed by atoms with Crippen LogP contribution in [0.25, 0.3) is 6.08 Å². The summed E-state index contributed by atoms with van der Waals surface area (Å²) in [6, 6.07) is 17.7. The number of hydrogen-bond acceptors (Lipinski definition) is 3. The molecule has 0 spiro atoms. The van der Waals surface area contributed by atoms with E-state index in [1.807, 2.05) is 54.6 Å².